The number of aryl methyl sites for hydroxylation is 1. The van der Waals surface area contributed by atoms with Gasteiger partial charge in [-0.25, -0.2) is 0 Å². The second-order valence-electron chi connectivity index (χ2n) is 6.09. The summed E-state index contributed by atoms with van der Waals surface area (Å²) in [5, 5.41) is 16.5. The van der Waals surface area contributed by atoms with Crippen molar-refractivity contribution >= 4 is 29.4 Å². The molecule has 1 spiro atoms. The lowest BCUT2D eigenvalue weighted by molar-refractivity contribution is -0.144. The second-order valence-corrected chi connectivity index (χ2v) is 6.50. The highest BCUT2D eigenvalue weighted by Gasteiger charge is 2.52. The number of nitrogens with zero attached hydrogens (tertiary/aromatic N) is 3. The maximum atomic E-state index is 12.5. The van der Waals surface area contributed by atoms with Gasteiger partial charge >= 0.3 is 5.97 Å². The number of piperidine rings is 1. The fourth-order valence-corrected chi connectivity index (χ4v) is 3.72. The highest BCUT2D eigenvalue weighted by atomic mass is 35.5. The third-order valence-electron chi connectivity index (χ3n) is 4.67. The Balaban J connectivity index is 1.73. The van der Waals surface area contributed by atoms with Crippen molar-refractivity contribution < 1.29 is 19.5 Å². The van der Waals surface area contributed by atoms with Crippen LogP contribution in [0.1, 0.15) is 29.8 Å². The molecule has 9 heteroatoms. The predicted octanol–water partition coefficient (Wildman–Crippen LogP) is 0.269. The summed E-state index contributed by atoms with van der Waals surface area (Å²) in [5.41, 5.74) is -0.566. The van der Waals surface area contributed by atoms with Gasteiger partial charge in [0.1, 0.15) is 0 Å². The molecule has 1 atom stereocenters. The standard InChI is InChI=1S/C14H17ClN4O4/c1-18-7-9(15)11(17-18)12(21)19-4-2-14(3-5-19)8(13(22)23)6-10(20)16-14/h7-8H,2-6H2,1H3,(H,16,20)(H,22,23)/t8-/m1/s1. The van der Waals surface area contributed by atoms with Crippen molar-refractivity contribution in [3.63, 3.8) is 0 Å². The molecule has 124 valence electrons. The molecule has 3 rings (SSSR count). The molecule has 1 aromatic rings. The molecule has 0 aromatic carbocycles. The number of carbonyl (C=O) groups excluding carboxylic acids is 2. The third-order valence-corrected chi connectivity index (χ3v) is 4.95. The molecule has 8 nitrogen and oxygen atoms in total. The van der Waals surface area contributed by atoms with Gasteiger partial charge in [0.25, 0.3) is 5.91 Å². The number of rotatable bonds is 2. The van der Waals surface area contributed by atoms with Crippen LogP contribution in [0.3, 0.4) is 0 Å². The molecule has 2 amide bonds. The van der Waals surface area contributed by atoms with E-state index in [1.165, 1.54) is 4.68 Å². The molecule has 0 radical (unpaired) electrons. The summed E-state index contributed by atoms with van der Waals surface area (Å²) in [5.74, 6) is -2.24. The number of hydrogen-bond donors (Lipinski definition) is 2. The van der Waals surface area contributed by atoms with Crippen LogP contribution in [0.2, 0.25) is 5.02 Å². The maximum Gasteiger partial charge on any atom is 0.309 e. The van der Waals surface area contributed by atoms with Crippen molar-refractivity contribution in [3.05, 3.63) is 16.9 Å². The van der Waals surface area contributed by atoms with Gasteiger partial charge in [0.05, 0.1) is 16.5 Å². The Morgan fingerprint density at radius 2 is 2.09 bits per heavy atom. The van der Waals surface area contributed by atoms with Gasteiger partial charge in [0, 0.05) is 32.8 Å². The van der Waals surface area contributed by atoms with E-state index >= 15 is 0 Å². The number of nitrogens with one attached hydrogen (secondary N) is 1. The van der Waals surface area contributed by atoms with E-state index in [0.717, 1.165) is 0 Å². The first-order valence-electron chi connectivity index (χ1n) is 7.34. The summed E-state index contributed by atoms with van der Waals surface area (Å²) in [7, 11) is 1.68. The smallest absolute Gasteiger partial charge is 0.309 e. The van der Waals surface area contributed by atoms with E-state index < -0.39 is 17.4 Å². The van der Waals surface area contributed by atoms with Crippen molar-refractivity contribution in [1.29, 1.82) is 0 Å². The molecule has 3 heterocycles. The Kier molecular flexibility index (Phi) is 3.79. The minimum absolute atomic E-state index is 0.00461. The van der Waals surface area contributed by atoms with Gasteiger partial charge in [-0.3, -0.25) is 19.1 Å². The zero-order chi connectivity index (χ0) is 16.8. The molecule has 0 bridgehead atoms. The Labute approximate surface area is 137 Å². The van der Waals surface area contributed by atoms with Gasteiger partial charge in [-0.1, -0.05) is 11.6 Å². The molecule has 0 unspecified atom stereocenters. The Bertz CT molecular complexity index is 678. The van der Waals surface area contributed by atoms with Gasteiger partial charge in [0.2, 0.25) is 5.91 Å². The minimum Gasteiger partial charge on any atom is -0.481 e. The van der Waals surface area contributed by atoms with E-state index in [2.05, 4.69) is 10.4 Å². The second kappa shape index (κ2) is 5.52. The zero-order valence-electron chi connectivity index (χ0n) is 12.6. The van der Waals surface area contributed by atoms with E-state index in [0.29, 0.717) is 25.9 Å². The summed E-state index contributed by atoms with van der Waals surface area (Å²) in [6.45, 7) is 0.714. The van der Waals surface area contributed by atoms with E-state index in [4.69, 9.17) is 11.6 Å². The number of carboxylic acid groups (broad SMARTS) is 1. The number of hydrogen-bond acceptors (Lipinski definition) is 4. The molecule has 1 aromatic heterocycles. The van der Waals surface area contributed by atoms with Crippen LogP contribution in [-0.2, 0) is 16.6 Å². The van der Waals surface area contributed by atoms with Gasteiger partial charge in [-0.05, 0) is 12.8 Å². The number of aliphatic carboxylic acids is 1. The van der Waals surface area contributed by atoms with Crippen LogP contribution in [0.4, 0.5) is 0 Å². The normalized spacial score (nSPS) is 23.1. The molecule has 2 fully saturated rings. The van der Waals surface area contributed by atoms with E-state index in [1.807, 2.05) is 0 Å². The fourth-order valence-electron chi connectivity index (χ4n) is 3.46. The zero-order valence-corrected chi connectivity index (χ0v) is 13.3. The Morgan fingerprint density at radius 3 is 2.61 bits per heavy atom. The fraction of sp³-hybridized carbons (Fsp3) is 0.571. The lowest BCUT2D eigenvalue weighted by Crippen LogP contribution is -2.56. The summed E-state index contributed by atoms with van der Waals surface area (Å²) in [6.07, 6.45) is 2.37. The van der Waals surface area contributed by atoms with Crippen molar-refractivity contribution in [3.8, 4) is 0 Å². The van der Waals surface area contributed by atoms with Crippen molar-refractivity contribution in [2.75, 3.05) is 13.1 Å². The topological polar surface area (TPSA) is 105 Å². The van der Waals surface area contributed by atoms with Crippen molar-refractivity contribution in [2.45, 2.75) is 24.8 Å². The van der Waals surface area contributed by atoms with Crippen LogP contribution in [0.25, 0.3) is 0 Å². The van der Waals surface area contributed by atoms with E-state index in [1.54, 1.807) is 18.1 Å². The van der Waals surface area contributed by atoms with Gasteiger partial charge < -0.3 is 15.3 Å². The minimum atomic E-state index is -0.976. The lowest BCUT2D eigenvalue weighted by atomic mass is 9.77. The lowest BCUT2D eigenvalue weighted by Gasteiger charge is -2.41. The first kappa shape index (κ1) is 15.8. The summed E-state index contributed by atoms with van der Waals surface area (Å²) in [4.78, 5) is 37.1. The van der Waals surface area contributed by atoms with Gasteiger partial charge in [0.15, 0.2) is 5.69 Å². The van der Waals surface area contributed by atoms with Crippen LogP contribution >= 0.6 is 11.6 Å². The first-order chi connectivity index (χ1) is 10.8. The SMILES string of the molecule is Cn1cc(Cl)c(C(=O)N2CCC3(CC2)NC(=O)C[C@@H]3C(=O)O)n1. The average Bonchev–Trinajstić information content (AvgIpc) is 2.99. The highest BCUT2D eigenvalue weighted by Crippen LogP contribution is 2.37. The average molecular weight is 341 g/mol. The summed E-state index contributed by atoms with van der Waals surface area (Å²) < 4.78 is 1.47. The Hall–Kier alpha value is -2.09. The number of aromatic nitrogens is 2. The molecule has 2 N–H and O–H groups in total. The first-order valence-corrected chi connectivity index (χ1v) is 7.72. The number of amides is 2. The highest BCUT2D eigenvalue weighted by molar-refractivity contribution is 6.33. The molecular weight excluding hydrogens is 324 g/mol. The van der Waals surface area contributed by atoms with Crippen LogP contribution in [-0.4, -0.2) is 56.2 Å². The van der Waals surface area contributed by atoms with Gasteiger partial charge in [-0.15, -0.1) is 0 Å². The monoisotopic (exact) mass is 340 g/mol. The molecule has 2 aliphatic heterocycles. The largest absolute Gasteiger partial charge is 0.481 e. The number of carboxylic acids is 1. The van der Waals surface area contributed by atoms with Gasteiger partial charge in [-0.2, -0.15) is 5.10 Å². The number of likely N-dealkylation sites (tertiary alicyclic amines) is 1. The molecule has 2 saturated heterocycles. The molecular formula is C14H17ClN4O4. The number of halogens is 1. The summed E-state index contributed by atoms with van der Waals surface area (Å²) in [6, 6.07) is 0. The number of carbonyl (C=O) groups is 3. The third kappa shape index (κ3) is 2.67. The molecule has 23 heavy (non-hydrogen) atoms. The molecule has 2 aliphatic rings. The van der Waals surface area contributed by atoms with Crippen LogP contribution in [0, 0.1) is 5.92 Å². The molecule has 0 aliphatic carbocycles. The quantitative estimate of drug-likeness (QED) is 0.804. The van der Waals surface area contributed by atoms with Crippen LogP contribution < -0.4 is 5.32 Å². The van der Waals surface area contributed by atoms with Crippen molar-refractivity contribution in [2.24, 2.45) is 13.0 Å². The predicted molar refractivity (Wildman–Crippen MR) is 80.0 cm³/mol. The van der Waals surface area contributed by atoms with E-state index in [9.17, 15) is 19.5 Å². The Morgan fingerprint density at radius 1 is 1.43 bits per heavy atom. The van der Waals surface area contributed by atoms with Crippen LogP contribution in [0.15, 0.2) is 6.20 Å². The maximum absolute atomic E-state index is 12.5. The molecule has 0 saturated carbocycles. The van der Waals surface area contributed by atoms with Crippen LogP contribution in [0.5, 0.6) is 0 Å². The van der Waals surface area contributed by atoms with Crippen molar-refractivity contribution in [1.82, 2.24) is 20.0 Å². The summed E-state index contributed by atoms with van der Waals surface area (Å²) >= 11 is 6.00. The van der Waals surface area contributed by atoms with E-state index in [-0.39, 0.29) is 29.0 Å².